The number of carbonyl (C=O) groups excluding carboxylic acids is 2. The minimum absolute atomic E-state index is 0.222. The third-order valence-electron chi connectivity index (χ3n) is 5.18. The molecule has 1 aliphatic rings. The van der Waals surface area contributed by atoms with Crippen molar-refractivity contribution in [1.29, 1.82) is 0 Å². The molecular weight excluding hydrogens is 422 g/mol. The van der Waals surface area contributed by atoms with Crippen LogP contribution in [0.25, 0.3) is 0 Å². The van der Waals surface area contributed by atoms with E-state index >= 15 is 0 Å². The summed E-state index contributed by atoms with van der Waals surface area (Å²) in [6.45, 7) is 3.20. The first-order chi connectivity index (χ1) is 16.1. The van der Waals surface area contributed by atoms with Crippen molar-refractivity contribution >= 4 is 17.6 Å². The Morgan fingerprint density at radius 1 is 0.939 bits per heavy atom. The van der Waals surface area contributed by atoms with Gasteiger partial charge in [0.15, 0.2) is 17.3 Å². The predicted molar refractivity (Wildman–Crippen MR) is 124 cm³/mol. The van der Waals surface area contributed by atoms with Gasteiger partial charge in [-0.25, -0.2) is 4.79 Å². The number of amides is 1. The second-order valence-corrected chi connectivity index (χ2v) is 7.40. The number of rotatable bonds is 7. The van der Waals surface area contributed by atoms with Gasteiger partial charge in [0.25, 0.3) is 0 Å². The van der Waals surface area contributed by atoms with Gasteiger partial charge < -0.3 is 18.9 Å². The van der Waals surface area contributed by atoms with Crippen LogP contribution in [0.2, 0.25) is 0 Å². The lowest BCUT2D eigenvalue weighted by molar-refractivity contribution is 0.103. The van der Waals surface area contributed by atoms with Crippen LogP contribution in [0, 0.1) is 0 Å². The van der Waals surface area contributed by atoms with E-state index in [0.717, 1.165) is 5.56 Å². The summed E-state index contributed by atoms with van der Waals surface area (Å²) in [7, 11) is 1.62. The maximum Gasteiger partial charge on any atom is 0.413 e. The molecule has 7 heteroatoms. The first-order valence-corrected chi connectivity index (χ1v) is 10.7. The zero-order chi connectivity index (χ0) is 23.2. The molecule has 0 N–H and O–H groups in total. The Morgan fingerprint density at radius 3 is 2.27 bits per heavy atom. The minimum atomic E-state index is -0.458. The van der Waals surface area contributed by atoms with Crippen molar-refractivity contribution in [3.8, 4) is 17.2 Å². The lowest BCUT2D eigenvalue weighted by Crippen LogP contribution is -2.26. The Hall–Kier alpha value is -4.00. The average molecular weight is 447 g/mol. The molecule has 0 radical (unpaired) electrons. The number of hydrogen-bond acceptors (Lipinski definition) is 6. The van der Waals surface area contributed by atoms with Gasteiger partial charge in [0, 0.05) is 24.4 Å². The molecular formula is C26H25NO6. The minimum Gasteiger partial charge on any atom is -0.488 e. The van der Waals surface area contributed by atoms with Crippen LogP contribution in [-0.4, -0.2) is 38.7 Å². The molecule has 0 unspecified atom stereocenters. The monoisotopic (exact) mass is 447 g/mol. The predicted octanol–water partition coefficient (Wildman–Crippen LogP) is 4.86. The van der Waals surface area contributed by atoms with Crippen LogP contribution in [-0.2, 0) is 11.3 Å². The number of ketones is 1. The van der Waals surface area contributed by atoms with E-state index in [-0.39, 0.29) is 12.4 Å². The molecule has 1 heterocycles. The van der Waals surface area contributed by atoms with Crippen molar-refractivity contribution in [2.24, 2.45) is 0 Å². The van der Waals surface area contributed by atoms with Gasteiger partial charge >= 0.3 is 6.09 Å². The van der Waals surface area contributed by atoms with E-state index in [4.69, 9.17) is 18.9 Å². The number of anilines is 1. The second kappa shape index (κ2) is 10.1. The van der Waals surface area contributed by atoms with Crippen molar-refractivity contribution < 1.29 is 28.5 Å². The number of benzene rings is 3. The first kappa shape index (κ1) is 22.2. The molecule has 1 amide bonds. The van der Waals surface area contributed by atoms with Crippen LogP contribution in [0.4, 0.5) is 10.5 Å². The molecule has 0 fully saturated rings. The summed E-state index contributed by atoms with van der Waals surface area (Å²) in [5.74, 6) is 1.25. The van der Waals surface area contributed by atoms with E-state index in [1.807, 2.05) is 30.3 Å². The number of ether oxygens (including phenoxy) is 4. The first-order valence-electron chi connectivity index (χ1n) is 10.7. The highest BCUT2D eigenvalue weighted by molar-refractivity contribution is 6.11. The van der Waals surface area contributed by atoms with E-state index < -0.39 is 6.09 Å². The molecule has 0 bridgehead atoms. The molecule has 0 saturated heterocycles. The summed E-state index contributed by atoms with van der Waals surface area (Å²) in [4.78, 5) is 26.7. The molecule has 0 aromatic heterocycles. The molecule has 33 heavy (non-hydrogen) atoms. The third kappa shape index (κ3) is 5.09. The maximum atomic E-state index is 13.4. The lowest BCUT2D eigenvalue weighted by atomic mass is 10.0. The van der Waals surface area contributed by atoms with Gasteiger partial charge in [-0.3, -0.25) is 9.69 Å². The molecule has 3 aromatic carbocycles. The van der Waals surface area contributed by atoms with Crippen molar-refractivity contribution in [1.82, 2.24) is 0 Å². The number of fused-ring (bicyclic) bond motifs is 1. The number of nitrogens with zero attached hydrogens (tertiary/aromatic N) is 1. The zero-order valence-electron chi connectivity index (χ0n) is 18.6. The average Bonchev–Trinajstić information content (AvgIpc) is 2.87. The SMILES string of the molecule is CCOC(=O)N(C)c1ccc(C(=O)c2cc3c(cc2OCc2ccccc2)OCCO3)cc1. The molecule has 1 aliphatic heterocycles. The van der Waals surface area contributed by atoms with Gasteiger partial charge in [0.2, 0.25) is 0 Å². The number of carbonyl (C=O) groups is 2. The topological polar surface area (TPSA) is 74.3 Å². The molecule has 3 aromatic rings. The van der Waals surface area contributed by atoms with Crippen molar-refractivity contribution in [2.45, 2.75) is 13.5 Å². The summed E-state index contributed by atoms with van der Waals surface area (Å²) < 4.78 is 22.4. The summed E-state index contributed by atoms with van der Waals surface area (Å²) in [6, 6.07) is 19.8. The highest BCUT2D eigenvalue weighted by atomic mass is 16.6. The van der Waals surface area contributed by atoms with Crippen LogP contribution in [0.1, 0.15) is 28.4 Å². The highest BCUT2D eigenvalue weighted by Crippen LogP contribution is 2.38. The van der Waals surface area contributed by atoms with Gasteiger partial charge in [-0.2, -0.15) is 0 Å². The van der Waals surface area contributed by atoms with Crippen LogP contribution in [0.15, 0.2) is 66.7 Å². The van der Waals surface area contributed by atoms with Gasteiger partial charge in [-0.05, 0) is 42.8 Å². The molecule has 0 aliphatic carbocycles. The molecule has 4 rings (SSSR count). The maximum absolute atomic E-state index is 13.4. The Morgan fingerprint density at radius 2 is 1.61 bits per heavy atom. The smallest absolute Gasteiger partial charge is 0.413 e. The Kier molecular flexibility index (Phi) is 6.78. The van der Waals surface area contributed by atoms with E-state index in [2.05, 4.69) is 0 Å². The van der Waals surface area contributed by atoms with Crippen LogP contribution in [0.3, 0.4) is 0 Å². The fraction of sp³-hybridized carbons (Fsp3) is 0.231. The van der Waals surface area contributed by atoms with Crippen LogP contribution < -0.4 is 19.1 Å². The summed E-state index contributed by atoms with van der Waals surface area (Å²) in [5, 5.41) is 0. The van der Waals surface area contributed by atoms with E-state index in [0.29, 0.717) is 53.9 Å². The van der Waals surface area contributed by atoms with Gasteiger partial charge in [0.1, 0.15) is 25.6 Å². The van der Waals surface area contributed by atoms with Crippen molar-refractivity contribution in [3.05, 3.63) is 83.4 Å². The van der Waals surface area contributed by atoms with Crippen molar-refractivity contribution in [2.75, 3.05) is 31.8 Å². The summed E-state index contributed by atoms with van der Waals surface area (Å²) in [5.41, 5.74) is 2.43. The lowest BCUT2D eigenvalue weighted by Gasteiger charge is -2.21. The largest absolute Gasteiger partial charge is 0.488 e. The van der Waals surface area contributed by atoms with Crippen LogP contribution >= 0.6 is 0 Å². The third-order valence-corrected chi connectivity index (χ3v) is 5.18. The number of hydrogen-bond donors (Lipinski definition) is 0. The molecule has 0 saturated carbocycles. The molecule has 170 valence electrons. The molecule has 0 atom stereocenters. The zero-order valence-corrected chi connectivity index (χ0v) is 18.6. The quantitative estimate of drug-likeness (QED) is 0.482. The van der Waals surface area contributed by atoms with Gasteiger partial charge in [-0.15, -0.1) is 0 Å². The standard InChI is InChI=1S/C26H25NO6/c1-3-30-26(29)27(2)20-11-9-19(10-12-20)25(28)21-15-23-24(32-14-13-31-23)16-22(21)33-17-18-7-5-4-6-8-18/h4-12,15-16H,3,13-14,17H2,1-2H3. The molecule has 7 nitrogen and oxygen atoms in total. The fourth-order valence-corrected chi connectivity index (χ4v) is 3.42. The van der Waals surface area contributed by atoms with E-state index in [9.17, 15) is 9.59 Å². The van der Waals surface area contributed by atoms with E-state index in [1.54, 1.807) is 50.4 Å². The molecule has 0 spiro atoms. The normalized spacial score (nSPS) is 12.1. The fourth-order valence-electron chi connectivity index (χ4n) is 3.42. The van der Waals surface area contributed by atoms with E-state index in [1.165, 1.54) is 4.90 Å². The Balaban J connectivity index is 1.61. The summed E-state index contributed by atoms with van der Waals surface area (Å²) >= 11 is 0. The van der Waals surface area contributed by atoms with Gasteiger partial charge in [-0.1, -0.05) is 30.3 Å². The van der Waals surface area contributed by atoms with Gasteiger partial charge in [0.05, 0.1) is 12.2 Å². The second-order valence-electron chi connectivity index (χ2n) is 7.40. The Bertz CT molecular complexity index is 1130. The van der Waals surface area contributed by atoms with Crippen LogP contribution in [0.5, 0.6) is 17.2 Å². The van der Waals surface area contributed by atoms with Crippen molar-refractivity contribution in [3.63, 3.8) is 0 Å². The highest BCUT2D eigenvalue weighted by Gasteiger charge is 2.22. The Labute approximate surface area is 192 Å². The summed E-state index contributed by atoms with van der Waals surface area (Å²) in [6.07, 6.45) is -0.458.